The second-order valence-corrected chi connectivity index (χ2v) is 2.55. The Morgan fingerprint density at radius 3 is 2.58 bits per heavy atom. The molecule has 6 heteroatoms. The topological polar surface area (TPSA) is 76.0 Å². The Balaban J connectivity index is 3.22. The summed E-state index contributed by atoms with van der Waals surface area (Å²) in [6, 6.07) is 0. The van der Waals surface area contributed by atoms with E-state index >= 15 is 0 Å². The van der Waals surface area contributed by atoms with Crippen molar-refractivity contribution in [2.45, 2.75) is 6.92 Å². The van der Waals surface area contributed by atoms with Gasteiger partial charge in [-0.15, -0.1) is 0 Å². The second kappa shape index (κ2) is 2.94. The lowest BCUT2D eigenvalue weighted by Gasteiger charge is -1.89. The summed E-state index contributed by atoms with van der Waals surface area (Å²) in [5.41, 5.74) is 0.211. The molecule has 12 heavy (non-hydrogen) atoms. The SMILES string of the molecule is Cc1c([N+](=O)[O-])c[nH]c1C(=O)Cl. The summed E-state index contributed by atoms with van der Waals surface area (Å²) in [6.07, 6.45) is 1.14. The normalized spacial score (nSPS) is 9.83. The average molecular weight is 189 g/mol. The van der Waals surface area contributed by atoms with Crippen LogP contribution >= 0.6 is 11.6 Å². The molecular weight excluding hydrogens is 184 g/mol. The maximum Gasteiger partial charge on any atom is 0.290 e. The fraction of sp³-hybridized carbons (Fsp3) is 0.167. The van der Waals surface area contributed by atoms with Crippen molar-refractivity contribution in [3.63, 3.8) is 0 Å². The number of nitro groups is 1. The first-order chi connectivity index (χ1) is 5.54. The lowest BCUT2D eigenvalue weighted by molar-refractivity contribution is -0.385. The molecular formula is C6H5ClN2O3. The summed E-state index contributed by atoms with van der Waals surface area (Å²) in [7, 11) is 0. The lowest BCUT2D eigenvalue weighted by atomic mass is 10.2. The highest BCUT2D eigenvalue weighted by atomic mass is 35.5. The molecule has 5 nitrogen and oxygen atoms in total. The summed E-state index contributed by atoms with van der Waals surface area (Å²) in [5, 5.41) is 9.57. The van der Waals surface area contributed by atoms with Crippen molar-refractivity contribution in [1.82, 2.24) is 4.98 Å². The first-order valence-electron chi connectivity index (χ1n) is 3.06. The van der Waals surface area contributed by atoms with Crippen LogP contribution in [-0.2, 0) is 0 Å². The van der Waals surface area contributed by atoms with E-state index in [2.05, 4.69) is 4.98 Å². The number of nitrogens with zero attached hydrogens (tertiary/aromatic N) is 1. The van der Waals surface area contributed by atoms with E-state index in [1.807, 2.05) is 0 Å². The zero-order valence-electron chi connectivity index (χ0n) is 6.13. The van der Waals surface area contributed by atoms with Crippen LogP contribution in [0, 0.1) is 17.0 Å². The predicted octanol–water partition coefficient (Wildman–Crippen LogP) is 1.61. The van der Waals surface area contributed by atoms with Gasteiger partial charge in [0.1, 0.15) is 5.69 Å². The van der Waals surface area contributed by atoms with E-state index in [-0.39, 0.29) is 16.9 Å². The Kier molecular flexibility index (Phi) is 2.14. The largest absolute Gasteiger partial charge is 0.352 e. The van der Waals surface area contributed by atoms with Crippen LogP contribution in [0.2, 0.25) is 0 Å². The van der Waals surface area contributed by atoms with Gasteiger partial charge in [-0.25, -0.2) is 0 Å². The van der Waals surface area contributed by atoms with Gasteiger partial charge in [0, 0.05) is 0 Å². The van der Waals surface area contributed by atoms with Crippen molar-refractivity contribution in [3.05, 3.63) is 27.6 Å². The molecule has 1 N–H and O–H groups in total. The zero-order valence-corrected chi connectivity index (χ0v) is 6.88. The van der Waals surface area contributed by atoms with Gasteiger partial charge in [0.25, 0.3) is 10.9 Å². The van der Waals surface area contributed by atoms with E-state index in [4.69, 9.17) is 11.6 Å². The third kappa shape index (κ3) is 1.31. The summed E-state index contributed by atoms with van der Waals surface area (Å²) >= 11 is 5.13. The number of halogens is 1. The first kappa shape index (κ1) is 8.73. The number of hydrogen-bond acceptors (Lipinski definition) is 3. The predicted molar refractivity (Wildman–Crippen MR) is 42.4 cm³/mol. The molecule has 1 rings (SSSR count). The maximum absolute atomic E-state index is 10.6. The van der Waals surface area contributed by atoms with Crippen LogP contribution in [0.15, 0.2) is 6.20 Å². The van der Waals surface area contributed by atoms with Crippen LogP contribution in [-0.4, -0.2) is 15.1 Å². The average Bonchev–Trinajstić information content (AvgIpc) is 2.30. The lowest BCUT2D eigenvalue weighted by Crippen LogP contribution is -1.93. The Hall–Kier alpha value is -1.36. The molecule has 0 aromatic carbocycles. The van der Waals surface area contributed by atoms with E-state index < -0.39 is 10.2 Å². The molecule has 0 aliphatic heterocycles. The Bertz CT molecular complexity index is 313. The standard InChI is InChI=1S/C6H5ClN2O3/c1-3-4(9(11)12)2-8-5(3)6(7)10/h2,8H,1H3. The molecule has 1 aromatic rings. The van der Waals surface area contributed by atoms with Crippen LogP contribution in [0.1, 0.15) is 16.1 Å². The molecule has 0 aliphatic carbocycles. The van der Waals surface area contributed by atoms with Crippen LogP contribution in [0.5, 0.6) is 0 Å². The second-order valence-electron chi connectivity index (χ2n) is 2.20. The number of carbonyl (C=O) groups is 1. The smallest absolute Gasteiger partial charge is 0.290 e. The number of aromatic amines is 1. The fourth-order valence-corrected chi connectivity index (χ4v) is 1.08. The van der Waals surface area contributed by atoms with Crippen molar-refractivity contribution >= 4 is 22.5 Å². The number of aromatic nitrogens is 1. The van der Waals surface area contributed by atoms with Crippen LogP contribution < -0.4 is 0 Å². The van der Waals surface area contributed by atoms with Gasteiger partial charge in [-0.2, -0.15) is 0 Å². The van der Waals surface area contributed by atoms with Crippen molar-refractivity contribution < 1.29 is 9.72 Å². The zero-order chi connectivity index (χ0) is 9.30. The van der Waals surface area contributed by atoms with Crippen molar-refractivity contribution in [3.8, 4) is 0 Å². The maximum atomic E-state index is 10.6. The molecule has 0 unspecified atom stereocenters. The molecule has 0 saturated heterocycles. The minimum atomic E-state index is -0.722. The Morgan fingerprint density at radius 1 is 1.75 bits per heavy atom. The Labute approximate surface area is 72.5 Å². The molecule has 0 bridgehead atoms. The first-order valence-corrected chi connectivity index (χ1v) is 3.44. The third-order valence-corrected chi connectivity index (χ3v) is 1.69. The number of nitrogens with one attached hydrogen (secondary N) is 1. The van der Waals surface area contributed by atoms with Gasteiger partial charge >= 0.3 is 0 Å². The van der Waals surface area contributed by atoms with Gasteiger partial charge in [-0.05, 0) is 18.5 Å². The molecule has 1 aromatic heterocycles. The highest BCUT2D eigenvalue weighted by Gasteiger charge is 2.19. The summed E-state index contributed by atoms with van der Waals surface area (Å²) < 4.78 is 0. The highest BCUT2D eigenvalue weighted by Crippen LogP contribution is 2.21. The molecule has 64 valence electrons. The van der Waals surface area contributed by atoms with Crippen LogP contribution in [0.25, 0.3) is 0 Å². The van der Waals surface area contributed by atoms with E-state index in [9.17, 15) is 14.9 Å². The van der Waals surface area contributed by atoms with Crippen molar-refractivity contribution in [1.29, 1.82) is 0 Å². The van der Waals surface area contributed by atoms with Crippen molar-refractivity contribution in [2.75, 3.05) is 0 Å². The van der Waals surface area contributed by atoms with E-state index in [0.29, 0.717) is 0 Å². The third-order valence-electron chi connectivity index (χ3n) is 1.51. The molecule has 0 atom stereocenters. The van der Waals surface area contributed by atoms with Gasteiger partial charge in [0.15, 0.2) is 0 Å². The van der Waals surface area contributed by atoms with Crippen LogP contribution in [0.3, 0.4) is 0 Å². The molecule has 0 amide bonds. The number of hydrogen-bond donors (Lipinski definition) is 1. The molecule has 0 saturated carbocycles. The molecule has 0 spiro atoms. The Morgan fingerprint density at radius 2 is 2.33 bits per heavy atom. The minimum absolute atomic E-state index is 0.0726. The van der Waals surface area contributed by atoms with Crippen molar-refractivity contribution in [2.24, 2.45) is 0 Å². The van der Waals surface area contributed by atoms with Gasteiger partial charge < -0.3 is 4.98 Å². The summed E-state index contributed by atoms with van der Waals surface area (Å²) in [4.78, 5) is 22.8. The molecule has 0 aliphatic rings. The monoisotopic (exact) mass is 188 g/mol. The summed E-state index contributed by atoms with van der Waals surface area (Å²) in [5.74, 6) is 0. The fourth-order valence-electron chi connectivity index (χ4n) is 0.879. The highest BCUT2D eigenvalue weighted by molar-refractivity contribution is 6.67. The van der Waals surface area contributed by atoms with Gasteiger partial charge in [-0.3, -0.25) is 14.9 Å². The number of rotatable bonds is 2. The molecule has 1 heterocycles. The van der Waals surface area contributed by atoms with E-state index in [0.717, 1.165) is 6.20 Å². The van der Waals surface area contributed by atoms with E-state index in [1.54, 1.807) is 0 Å². The van der Waals surface area contributed by atoms with E-state index in [1.165, 1.54) is 6.92 Å². The number of carbonyl (C=O) groups excluding carboxylic acids is 1. The minimum Gasteiger partial charge on any atom is -0.352 e. The van der Waals surface area contributed by atoms with Gasteiger partial charge in [-0.1, -0.05) is 0 Å². The van der Waals surface area contributed by atoms with Gasteiger partial charge in [0.05, 0.1) is 16.7 Å². The van der Waals surface area contributed by atoms with Crippen LogP contribution in [0.4, 0.5) is 5.69 Å². The molecule has 0 fully saturated rings. The number of H-pyrrole nitrogens is 1. The summed E-state index contributed by atoms with van der Waals surface area (Å²) in [6.45, 7) is 1.46. The quantitative estimate of drug-likeness (QED) is 0.435. The molecule has 0 radical (unpaired) electrons. The van der Waals surface area contributed by atoms with Gasteiger partial charge in [0.2, 0.25) is 0 Å².